The van der Waals surface area contributed by atoms with Crippen LogP contribution in [0.3, 0.4) is 0 Å². The van der Waals surface area contributed by atoms with Crippen molar-refractivity contribution in [2.45, 2.75) is 53.0 Å². The first-order valence-corrected chi connectivity index (χ1v) is 7.07. The van der Waals surface area contributed by atoms with Crippen LogP contribution in [0.2, 0.25) is 0 Å². The average molecular weight is 265 g/mol. The fraction of sp³-hybridized carbons (Fsp3) is 0.667. The van der Waals surface area contributed by atoms with Crippen LogP contribution in [-0.4, -0.2) is 17.1 Å². The standard InChI is InChI=1S/C15H27N3O/c1-6-15(5,7-2)18-13-9-8-12(16)14(17-13)19-10-11(3)4/h8-9,11H,6-7,10,16H2,1-5H3,(H,17,18). The van der Waals surface area contributed by atoms with Crippen molar-refractivity contribution in [2.75, 3.05) is 17.7 Å². The zero-order valence-electron chi connectivity index (χ0n) is 12.8. The molecule has 1 aromatic rings. The molecule has 4 heteroatoms. The average Bonchev–Trinajstić information content (AvgIpc) is 2.39. The summed E-state index contributed by atoms with van der Waals surface area (Å²) in [6, 6.07) is 3.75. The Morgan fingerprint density at radius 2 is 1.95 bits per heavy atom. The molecular formula is C15H27N3O. The van der Waals surface area contributed by atoms with E-state index in [2.05, 4.69) is 44.9 Å². The van der Waals surface area contributed by atoms with Gasteiger partial charge in [-0.15, -0.1) is 0 Å². The second-order valence-electron chi connectivity index (χ2n) is 5.69. The van der Waals surface area contributed by atoms with Crippen molar-refractivity contribution in [3.63, 3.8) is 0 Å². The smallest absolute Gasteiger partial charge is 0.239 e. The predicted octanol–water partition coefficient (Wildman–Crippen LogP) is 3.69. The van der Waals surface area contributed by atoms with Gasteiger partial charge in [0.15, 0.2) is 0 Å². The summed E-state index contributed by atoms with van der Waals surface area (Å²) in [5, 5.41) is 3.46. The third-order valence-corrected chi connectivity index (χ3v) is 3.43. The number of aromatic nitrogens is 1. The number of anilines is 2. The number of nitrogens with two attached hydrogens (primary N) is 1. The molecule has 0 aliphatic rings. The number of pyridine rings is 1. The number of ether oxygens (including phenoxy) is 1. The van der Waals surface area contributed by atoms with Gasteiger partial charge in [0.25, 0.3) is 0 Å². The van der Waals surface area contributed by atoms with E-state index < -0.39 is 0 Å². The quantitative estimate of drug-likeness (QED) is 0.789. The molecule has 0 radical (unpaired) electrons. The molecule has 0 amide bonds. The minimum absolute atomic E-state index is 0.0540. The van der Waals surface area contributed by atoms with E-state index in [4.69, 9.17) is 10.5 Å². The summed E-state index contributed by atoms with van der Waals surface area (Å²) in [4.78, 5) is 4.47. The van der Waals surface area contributed by atoms with Gasteiger partial charge in [-0.05, 0) is 37.8 Å². The van der Waals surface area contributed by atoms with E-state index >= 15 is 0 Å². The van der Waals surface area contributed by atoms with Crippen LogP contribution >= 0.6 is 0 Å². The van der Waals surface area contributed by atoms with E-state index in [1.807, 2.05) is 12.1 Å². The molecule has 4 nitrogen and oxygen atoms in total. The Kier molecular flexibility index (Phi) is 5.45. The zero-order chi connectivity index (χ0) is 14.5. The maximum Gasteiger partial charge on any atom is 0.239 e. The maximum atomic E-state index is 5.89. The van der Waals surface area contributed by atoms with E-state index in [0.29, 0.717) is 24.1 Å². The number of nitrogen functional groups attached to an aromatic ring is 1. The molecular weight excluding hydrogens is 238 g/mol. The van der Waals surface area contributed by atoms with Gasteiger partial charge in [-0.2, -0.15) is 4.98 Å². The number of hydrogen-bond donors (Lipinski definition) is 2. The van der Waals surface area contributed by atoms with Gasteiger partial charge in [0, 0.05) is 5.54 Å². The topological polar surface area (TPSA) is 60.2 Å². The molecule has 1 rings (SSSR count). The Hall–Kier alpha value is -1.45. The van der Waals surface area contributed by atoms with E-state index in [-0.39, 0.29) is 5.54 Å². The predicted molar refractivity (Wildman–Crippen MR) is 81.6 cm³/mol. The van der Waals surface area contributed by atoms with E-state index in [0.717, 1.165) is 18.7 Å². The summed E-state index contributed by atoms with van der Waals surface area (Å²) in [5.41, 5.74) is 6.53. The monoisotopic (exact) mass is 265 g/mol. The van der Waals surface area contributed by atoms with E-state index in [1.165, 1.54) is 0 Å². The Morgan fingerprint density at radius 3 is 2.47 bits per heavy atom. The summed E-state index contributed by atoms with van der Waals surface area (Å²) < 4.78 is 5.64. The fourth-order valence-electron chi connectivity index (χ4n) is 1.62. The molecule has 0 atom stereocenters. The molecule has 0 aromatic carbocycles. The highest BCUT2D eigenvalue weighted by molar-refractivity contribution is 5.54. The van der Waals surface area contributed by atoms with E-state index in [1.54, 1.807) is 0 Å². The van der Waals surface area contributed by atoms with Crippen molar-refractivity contribution in [1.29, 1.82) is 0 Å². The highest BCUT2D eigenvalue weighted by atomic mass is 16.5. The highest BCUT2D eigenvalue weighted by Gasteiger charge is 2.20. The van der Waals surface area contributed by atoms with Crippen LogP contribution in [0.5, 0.6) is 5.88 Å². The molecule has 0 saturated carbocycles. The molecule has 0 spiro atoms. The summed E-state index contributed by atoms with van der Waals surface area (Å²) in [6.45, 7) is 11.4. The lowest BCUT2D eigenvalue weighted by Crippen LogP contribution is -2.33. The van der Waals surface area contributed by atoms with Gasteiger partial charge >= 0.3 is 0 Å². The second kappa shape index (κ2) is 6.64. The van der Waals surface area contributed by atoms with Crippen LogP contribution in [0.1, 0.15) is 47.5 Å². The molecule has 3 N–H and O–H groups in total. The van der Waals surface area contributed by atoms with Gasteiger partial charge < -0.3 is 15.8 Å². The molecule has 1 heterocycles. The van der Waals surface area contributed by atoms with Crippen molar-refractivity contribution in [2.24, 2.45) is 5.92 Å². The molecule has 0 bridgehead atoms. The number of nitrogens with zero attached hydrogens (tertiary/aromatic N) is 1. The molecule has 0 unspecified atom stereocenters. The lowest BCUT2D eigenvalue weighted by molar-refractivity contribution is 0.263. The zero-order valence-corrected chi connectivity index (χ0v) is 12.8. The van der Waals surface area contributed by atoms with Crippen LogP contribution in [0.25, 0.3) is 0 Å². The Bertz CT molecular complexity index is 400. The summed E-state index contributed by atoms with van der Waals surface area (Å²) in [7, 11) is 0. The van der Waals surface area contributed by atoms with Crippen molar-refractivity contribution in [3.8, 4) is 5.88 Å². The summed E-state index contributed by atoms with van der Waals surface area (Å²) in [6.07, 6.45) is 2.08. The third-order valence-electron chi connectivity index (χ3n) is 3.43. The third kappa shape index (κ3) is 4.62. The number of nitrogens with one attached hydrogen (secondary N) is 1. The lowest BCUT2D eigenvalue weighted by atomic mass is 9.96. The first-order valence-electron chi connectivity index (χ1n) is 7.07. The minimum atomic E-state index is 0.0540. The van der Waals surface area contributed by atoms with Crippen molar-refractivity contribution in [1.82, 2.24) is 4.98 Å². The fourth-order valence-corrected chi connectivity index (χ4v) is 1.62. The maximum absolute atomic E-state index is 5.89. The Balaban J connectivity index is 2.83. The van der Waals surface area contributed by atoms with Crippen LogP contribution < -0.4 is 15.8 Å². The molecule has 108 valence electrons. The molecule has 0 fully saturated rings. The van der Waals surface area contributed by atoms with Crippen molar-refractivity contribution < 1.29 is 4.74 Å². The Labute approximate surface area is 116 Å². The van der Waals surface area contributed by atoms with Gasteiger partial charge in [0.2, 0.25) is 5.88 Å². The number of rotatable bonds is 7. The lowest BCUT2D eigenvalue weighted by Gasteiger charge is -2.29. The normalized spacial score (nSPS) is 11.7. The van der Waals surface area contributed by atoms with Crippen LogP contribution in [0.4, 0.5) is 11.5 Å². The molecule has 0 aliphatic carbocycles. The summed E-state index contributed by atoms with van der Waals surface area (Å²) >= 11 is 0. The van der Waals surface area contributed by atoms with Crippen LogP contribution in [0.15, 0.2) is 12.1 Å². The van der Waals surface area contributed by atoms with Crippen LogP contribution in [0, 0.1) is 5.92 Å². The van der Waals surface area contributed by atoms with Gasteiger partial charge in [-0.1, -0.05) is 27.7 Å². The van der Waals surface area contributed by atoms with E-state index in [9.17, 15) is 0 Å². The summed E-state index contributed by atoms with van der Waals surface area (Å²) in [5.74, 6) is 1.79. The largest absolute Gasteiger partial charge is 0.476 e. The SMILES string of the molecule is CCC(C)(CC)Nc1ccc(N)c(OCC(C)C)n1. The molecule has 0 aliphatic heterocycles. The van der Waals surface area contributed by atoms with Gasteiger partial charge in [0.05, 0.1) is 12.3 Å². The van der Waals surface area contributed by atoms with Gasteiger partial charge in [0.1, 0.15) is 5.82 Å². The second-order valence-corrected chi connectivity index (χ2v) is 5.69. The Morgan fingerprint density at radius 1 is 1.32 bits per heavy atom. The molecule has 19 heavy (non-hydrogen) atoms. The van der Waals surface area contributed by atoms with Crippen molar-refractivity contribution >= 4 is 11.5 Å². The van der Waals surface area contributed by atoms with Gasteiger partial charge in [-0.25, -0.2) is 0 Å². The first-order chi connectivity index (χ1) is 8.90. The molecule has 1 aromatic heterocycles. The van der Waals surface area contributed by atoms with Crippen LogP contribution in [-0.2, 0) is 0 Å². The minimum Gasteiger partial charge on any atom is -0.476 e. The molecule has 0 saturated heterocycles. The van der Waals surface area contributed by atoms with Crippen molar-refractivity contribution in [3.05, 3.63) is 12.1 Å². The number of hydrogen-bond acceptors (Lipinski definition) is 4. The highest BCUT2D eigenvalue weighted by Crippen LogP contribution is 2.25. The van der Waals surface area contributed by atoms with Gasteiger partial charge in [-0.3, -0.25) is 0 Å². The first kappa shape index (κ1) is 15.6.